The van der Waals surface area contributed by atoms with E-state index in [2.05, 4.69) is 46.8 Å². The topological polar surface area (TPSA) is 33.1 Å². The van der Waals surface area contributed by atoms with E-state index < -0.39 is 6.10 Å². The zero-order valence-corrected chi connectivity index (χ0v) is 17.0. The minimum atomic E-state index is -0.563. The van der Waals surface area contributed by atoms with Crippen LogP contribution in [-0.2, 0) is 6.42 Å². The van der Waals surface area contributed by atoms with Gasteiger partial charge < -0.3 is 5.11 Å². The van der Waals surface area contributed by atoms with Gasteiger partial charge in [0.05, 0.1) is 6.10 Å². The highest BCUT2D eigenvalue weighted by atomic mass is 35.5. The number of pyridine rings is 1. The zero-order valence-electron chi connectivity index (χ0n) is 16.2. The van der Waals surface area contributed by atoms with Crippen LogP contribution < -0.4 is 0 Å². The van der Waals surface area contributed by atoms with Gasteiger partial charge >= 0.3 is 0 Å². The second-order valence-corrected chi connectivity index (χ2v) is 7.83. The summed E-state index contributed by atoms with van der Waals surface area (Å²) in [7, 11) is 0. The number of hydrogen-bond donors (Lipinski definition) is 1. The van der Waals surface area contributed by atoms with Crippen molar-refractivity contribution >= 4 is 11.6 Å². The molecule has 1 N–H and O–H groups in total. The SMILES string of the molecule is CCCc1c(C(C)C)nc(C(C)C)c(C(C)O)c1-c1ccc(Cl)cc1. The minimum Gasteiger partial charge on any atom is -0.389 e. The molecule has 0 spiro atoms. The first-order chi connectivity index (χ1) is 11.8. The van der Waals surface area contributed by atoms with Crippen molar-refractivity contribution in [3.8, 4) is 11.1 Å². The molecule has 0 aliphatic carbocycles. The van der Waals surface area contributed by atoms with E-state index in [4.69, 9.17) is 16.6 Å². The summed E-state index contributed by atoms with van der Waals surface area (Å²) < 4.78 is 0. The second kappa shape index (κ2) is 8.33. The molecule has 2 nitrogen and oxygen atoms in total. The highest BCUT2D eigenvalue weighted by Gasteiger charge is 2.25. The van der Waals surface area contributed by atoms with Gasteiger partial charge in [0.15, 0.2) is 0 Å². The van der Waals surface area contributed by atoms with Gasteiger partial charge in [-0.3, -0.25) is 4.98 Å². The monoisotopic (exact) mass is 359 g/mol. The predicted octanol–water partition coefficient (Wildman–Crippen LogP) is 6.65. The minimum absolute atomic E-state index is 0.254. The van der Waals surface area contributed by atoms with Crippen molar-refractivity contribution in [2.45, 2.75) is 72.3 Å². The predicted molar refractivity (Wildman–Crippen MR) is 107 cm³/mol. The van der Waals surface area contributed by atoms with Crippen LogP contribution in [0.2, 0.25) is 5.02 Å². The standard InChI is InChI=1S/C22H30ClNO/c1-7-8-18-20(16-9-11-17(23)12-10-16)19(15(6)25)22(14(4)5)24-21(18)13(2)3/h9-15,25H,7-8H2,1-6H3. The van der Waals surface area contributed by atoms with Crippen molar-refractivity contribution in [2.75, 3.05) is 0 Å². The molecule has 0 fully saturated rings. The normalized spacial score (nSPS) is 12.9. The average Bonchev–Trinajstić information content (AvgIpc) is 2.54. The van der Waals surface area contributed by atoms with Crippen LogP contribution in [0, 0.1) is 0 Å². The van der Waals surface area contributed by atoms with Gasteiger partial charge in [0, 0.05) is 22.0 Å². The van der Waals surface area contributed by atoms with E-state index in [1.54, 1.807) is 0 Å². The molecule has 0 amide bonds. The number of hydrogen-bond acceptors (Lipinski definition) is 2. The summed E-state index contributed by atoms with van der Waals surface area (Å²) in [6, 6.07) is 7.94. The summed E-state index contributed by atoms with van der Waals surface area (Å²) >= 11 is 6.10. The summed E-state index contributed by atoms with van der Waals surface area (Å²) in [4.78, 5) is 5.03. The van der Waals surface area contributed by atoms with Crippen LogP contribution >= 0.6 is 11.6 Å². The van der Waals surface area contributed by atoms with Gasteiger partial charge in [0.25, 0.3) is 0 Å². The fourth-order valence-corrected chi connectivity index (χ4v) is 3.59. The van der Waals surface area contributed by atoms with E-state index in [-0.39, 0.29) is 5.92 Å². The molecule has 1 atom stereocenters. The van der Waals surface area contributed by atoms with E-state index >= 15 is 0 Å². The van der Waals surface area contributed by atoms with Crippen molar-refractivity contribution in [1.29, 1.82) is 0 Å². The van der Waals surface area contributed by atoms with E-state index in [0.717, 1.165) is 45.9 Å². The Balaban J connectivity index is 2.93. The lowest BCUT2D eigenvalue weighted by atomic mass is 9.84. The van der Waals surface area contributed by atoms with Crippen LogP contribution in [0.25, 0.3) is 11.1 Å². The number of aliphatic hydroxyl groups excluding tert-OH is 1. The Kier molecular flexibility index (Phi) is 6.65. The second-order valence-electron chi connectivity index (χ2n) is 7.39. The number of aliphatic hydroxyl groups is 1. The molecule has 1 aromatic carbocycles. The number of rotatable bonds is 6. The largest absolute Gasteiger partial charge is 0.389 e. The molecule has 1 heterocycles. The lowest BCUT2D eigenvalue weighted by molar-refractivity contribution is 0.197. The summed E-state index contributed by atoms with van der Waals surface area (Å²) in [6.07, 6.45) is 1.44. The lowest BCUT2D eigenvalue weighted by Crippen LogP contribution is -2.14. The van der Waals surface area contributed by atoms with E-state index in [1.165, 1.54) is 5.56 Å². The molecule has 25 heavy (non-hydrogen) atoms. The Bertz CT molecular complexity index is 718. The Morgan fingerprint density at radius 1 is 0.960 bits per heavy atom. The number of halogens is 1. The maximum atomic E-state index is 10.6. The third-order valence-corrected chi connectivity index (χ3v) is 4.79. The van der Waals surface area contributed by atoms with Crippen molar-refractivity contribution in [2.24, 2.45) is 0 Å². The number of nitrogens with zero attached hydrogens (tertiary/aromatic N) is 1. The highest BCUT2D eigenvalue weighted by Crippen LogP contribution is 2.40. The number of benzene rings is 1. The molecular formula is C22H30ClNO. The molecule has 0 aliphatic heterocycles. The van der Waals surface area contributed by atoms with Crippen LogP contribution in [0.15, 0.2) is 24.3 Å². The molecule has 2 rings (SSSR count). The van der Waals surface area contributed by atoms with Crippen molar-refractivity contribution in [1.82, 2.24) is 4.98 Å². The molecule has 1 aromatic heterocycles. The smallest absolute Gasteiger partial charge is 0.0785 e. The molecular weight excluding hydrogens is 330 g/mol. The van der Waals surface area contributed by atoms with Gasteiger partial charge in [-0.25, -0.2) is 0 Å². The van der Waals surface area contributed by atoms with E-state index in [0.29, 0.717) is 5.92 Å². The summed E-state index contributed by atoms with van der Waals surface area (Å²) in [6.45, 7) is 12.7. The van der Waals surface area contributed by atoms with Gasteiger partial charge in [-0.15, -0.1) is 0 Å². The van der Waals surface area contributed by atoms with Crippen LogP contribution in [-0.4, -0.2) is 10.1 Å². The average molecular weight is 360 g/mol. The van der Waals surface area contributed by atoms with Crippen LogP contribution in [0.5, 0.6) is 0 Å². The van der Waals surface area contributed by atoms with Crippen molar-refractivity contribution in [3.63, 3.8) is 0 Å². The van der Waals surface area contributed by atoms with E-state index in [1.807, 2.05) is 19.1 Å². The third-order valence-electron chi connectivity index (χ3n) is 4.54. The van der Waals surface area contributed by atoms with E-state index in [9.17, 15) is 5.11 Å². The van der Waals surface area contributed by atoms with Crippen LogP contribution in [0.3, 0.4) is 0 Å². The molecule has 0 bridgehead atoms. The van der Waals surface area contributed by atoms with Gasteiger partial charge in [0.2, 0.25) is 0 Å². The summed E-state index contributed by atoms with van der Waals surface area (Å²) in [5, 5.41) is 11.3. The molecule has 0 saturated carbocycles. The zero-order chi connectivity index (χ0) is 18.7. The fraction of sp³-hybridized carbons (Fsp3) is 0.500. The van der Waals surface area contributed by atoms with Gasteiger partial charge in [-0.1, -0.05) is 64.8 Å². The molecule has 0 radical (unpaired) electrons. The quantitative estimate of drug-likeness (QED) is 0.625. The van der Waals surface area contributed by atoms with Gasteiger partial charge in [-0.2, -0.15) is 0 Å². The third kappa shape index (κ3) is 4.24. The molecule has 1 unspecified atom stereocenters. The lowest BCUT2D eigenvalue weighted by Gasteiger charge is -2.26. The van der Waals surface area contributed by atoms with Gasteiger partial charge in [0.1, 0.15) is 0 Å². The number of aromatic nitrogens is 1. The Morgan fingerprint density at radius 2 is 1.52 bits per heavy atom. The van der Waals surface area contributed by atoms with Crippen molar-refractivity contribution < 1.29 is 5.11 Å². The fourth-order valence-electron chi connectivity index (χ4n) is 3.47. The first kappa shape index (κ1) is 19.9. The van der Waals surface area contributed by atoms with Crippen LogP contribution in [0.1, 0.15) is 88.4 Å². The Morgan fingerprint density at radius 3 is 1.96 bits per heavy atom. The Hall–Kier alpha value is -1.38. The van der Waals surface area contributed by atoms with Crippen LogP contribution in [0.4, 0.5) is 0 Å². The summed E-state index contributed by atoms with van der Waals surface area (Å²) in [5.41, 5.74) is 6.64. The maximum Gasteiger partial charge on any atom is 0.0785 e. The molecule has 3 heteroatoms. The summed E-state index contributed by atoms with van der Waals surface area (Å²) in [5.74, 6) is 0.594. The highest BCUT2D eigenvalue weighted by molar-refractivity contribution is 6.30. The first-order valence-electron chi connectivity index (χ1n) is 9.28. The molecule has 0 saturated heterocycles. The van der Waals surface area contributed by atoms with Gasteiger partial charge in [-0.05, 0) is 54.0 Å². The molecule has 0 aliphatic rings. The maximum absolute atomic E-state index is 10.6. The molecule has 2 aromatic rings. The van der Waals surface area contributed by atoms with Crippen molar-refractivity contribution in [3.05, 3.63) is 51.8 Å². The molecule has 136 valence electrons. The Labute approximate surface area is 157 Å². The first-order valence-corrected chi connectivity index (χ1v) is 9.66.